The first-order chi connectivity index (χ1) is 18.6. The molecule has 0 saturated heterocycles. The van der Waals surface area contributed by atoms with Gasteiger partial charge in [0.1, 0.15) is 11.5 Å². The zero-order valence-corrected chi connectivity index (χ0v) is 20.6. The van der Waals surface area contributed by atoms with Crippen LogP contribution in [0.4, 0.5) is 23.3 Å². The molecule has 0 radical (unpaired) electrons. The second kappa shape index (κ2) is 11.4. The van der Waals surface area contributed by atoms with Gasteiger partial charge >= 0.3 is 0 Å². The number of rotatable bonds is 10. The van der Waals surface area contributed by atoms with Gasteiger partial charge < -0.3 is 30.0 Å². The number of aromatic hydroxyl groups is 1. The van der Waals surface area contributed by atoms with Crippen molar-refractivity contribution in [2.45, 2.75) is 12.8 Å². The fourth-order valence-corrected chi connectivity index (χ4v) is 3.94. The molecule has 0 aliphatic rings. The maximum Gasteiger partial charge on any atom is 0.232 e. The van der Waals surface area contributed by atoms with E-state index < -0.39 is 0 Å². The Morgan fingerprint density at radius 1 is 0.921 bits per heavy atom. The maximum absolute atomic E-state index is 10.1. The van der Waals surface area contributed by atoms with Crippen LogP contribution < -0.4 is 15.4 Å². The van der Waals surface area contributed by atoms with Crippen LogP contribution in [0.3, 0.4) is 0 Å². The standard InChI is InChI=1S/C28H26N6O4/c1-37-24-14-20(10-12-22(24)25-16-29-17-38-25)30-27-32-26(19-6-3-2-4-7-19)33-28(34-27)31-23-15-21(36)11-9-18(23)8-5-13-35/h2-4,6-7,9-12,14-17,35-36H,5,8,13H2,1H3,(H2,30,31,32,33,34). The molecular weight excluding hydrogens is 484 g/mol. The molecule has 0 amide bonds. The second-order valence-electron chi connectivity index (χ2n) is 8.37. The van der Waals surface area contributed by atoms with Gasteiger partial charge in [-0.25, -0.2) is 4.98 Å². The van der Waals surface area contributed by atoms with Crippen LogP contribution >= 0.6 is 0 Å². The number of phenolic OH excluding ortho intramolecular Hbond substituents is 1. The van der Waals surface area contributed by atoms with E-state index in [9.17, 15) is 10.2 Å². The van der Waals surface area contributed by atoms with Crippen molar-refractivity contribution in [2.75, 3.05) is 24.4 Å². The smallest absolute Gasteiger partial charge is 0.232 e. The Kier molecular flexibility index (Phi) is 7.42. The number of anilines is 4. The highest BCUT2D eigenvalue weighted by atomic mass is 16.5. The minimum absolute atomic E-state index is 0.0665. The zero-order chi connectivity index (χ0) is 26.3. The Bertz CT molecular complexity index is 1510. The van der Waals surface area contributed by atoms with Gasteiger partial charge in [-0.1, -0.05) is 36.4 Å². The average molecular weight is 511 g/mol. The number of phenols is 1. The van der Waals surface area contributed by atoms with Gasteiger partial charge in [0.15, 0.2) is 18.0 Å². The fourth-order valence-electron chi connectivity index (χ4n) is 3.94. The molecule has 0 saturated carbocycles. The van der Waals surface area contributed by atoms with Crippen molar-refractivity contribution in [2.24, 2.45) is 0 Å². The Morgan fingerprint density at radius 3 is 2.47 bits per heavy atom. The molecule has 5 aromatic rings. The van der Waals surface area contributed by atoms with E-state index >= 15 is 0 Å². The molecule has 0 aliphatic heterocycles. The maximum atomic E-state index is 10.1. The van der Waals surface area contributed by atoms with Crippen LogP contribution in [0.15, 0.2) is 83.7 Å². The molecule has 10 nitrogen and oxygen atoms in total. The molecule has 10 heteroatoms. The van der Waals surface area contributed by atoms with E-state index in [0.717, 1.165) is 16.7 Å². The molecule has 0 aliphatic carbocycles. The number of benzene rings is 3. The number of ether oxygens (including phenoxy) is 1. The van der Waals surface area contributed by atoms with E-state index in [1.165, 1.54) is 6.39 Å². The minimum Gasteiger partial charge on any atom is -0.508 e. The number of aryl methyl sites for hydroxylation is 1. The summed E-state index contributed by atoms with van der Waals surface area (Å²) < 4.78 is 11.0. The topological polar surface area (TPSA) is 138 Å². The number of hydrogen-bond donors (Lipinski definition) is 4. The highest BCUT2D eigenvalue weighted by Crippen LogP contribution is 2.33. The lowest BCUT2D eigenvalue weighted by atomic mass is 10.1. The van der Waals surface area contributed by atoms with Crippen LogP contribution in [0.25, 0.3) is 22.7 Å². The summed E-state index contributed by atoms with van der Waals surface area (Å²) in [5.74, 6) is 2.36. The number of aliphatic hydroxyl groups excluding tert-OH is 1. The highest BCUT2D eigenvalue weighted by Gasteiger charge is 2.14. The summed E-state index contributed by atoms with van der Waals surface area (Å²) >= 11 is 0. The van der Waals surface area contributed by atoms with Crippen LogP contribution in [0.1, 0.15) is 12.0 Å². The largest absolute Gasteiger partial charge is 0.508 e. The van der Waals surface area contributed by atoms with Crippen molar-refractivity contribution in [3.05, 3.63) is 84.9 Å². The zero-order valence-electron chi connectivity index (χ0n) is 20.6. The Balaban J connectivity index is 1.50. The van der Waals surface area contributed by atoms with Gasteiger partial charge in [0, 0.05) is 35.7 Å². The molecule has 0 fully saturated rings. The van der Waals surface area contributed by atoms with Gasteiger partial charge in [0.2, 0.25) is 11.9 Å². The van der Waals surface area contributed by atoms with Gasteiger partial charge in [0.05, 0.1) is 18.9 Å². The van der Waals surface area contributed by atoms with Crippen LogP contribution in [-0.2, 0) is 6.42 Å². The summed E-state index contributed by atoms with van der Waals surface area (Å²) in [4.78, 5) is 17.8. The quantitative estimate of drug-likeness (QED) is 0.195. The Hall–Kier alpha value is -4.96. The van der Waals surface area contributed by atoms with Crippen molar-refractivity contribution in [1.29, 1.82) is 0 Å². The molecule has 0 bridgehead atoms. The third kappa shape index (κ3) is 5.71. The highest BCUT2D eigenvalue weighted by molar-refractivity contribution is 5.72. The predicted molar refractivity (Wildman–Crippen MR) is 144 cm³/mol. The van der Waals surface area contributed by atoms with Crippen molar-refractivity contribution in [1.82, 2.24) is 19.9 Å². The van der Waals surface area contributed by atoms with Gasteiger partial charge in [-0.2, -0.15) is 15.0 Å². The molecule has 3 aromatic carbocycles. The SMILES string of the molecule is COc1cc(Nc2nc(Nc3cc(O)ccc3CCCO)nc(-c3ccccc3)n2)ccc1-c1cnco1. The lowest BCUT2D eigenvalue weighted by molar-refractivity contribution is 0.288. The fraction of sp³-hybridized carbons (Fsp3) is 0.143. The molecule has 0 atom stereocenters. The van der Waals surface area contributed by atoms with E-state index in [1.807, 2.05) is 54.6 Å². The molecular formula is C28H26N6O4. The average Bonchev–Trinajstić information content (AvgIpc) is 3.48. The molecule has 5 rings (SSSR count). The summed E-state index contributed by atoms with van der Waals surface area (Å²) in [7, 11) is 1.58. The first-order valence-corrected chi connectivity index (χ1v) is 12.0. The Labute approximate surface area is 219 Å². The van der Waals surface area contributed by atoms with E-state index in [1.54, 1.807) is 25.4 Å². The molecule has 38 heavy (non-hydrogen) atoms. The molecule has 0 spiro atoms. The minimum atomic E-state index is 0.0665. The number of hydrogen-bond acceptors (Lipinski definition) is 10. The predicted octanol–water partition coefficient (Wildman–Crippen LogP) is 5.32. The lowest BCUT2D eigenvalue weighted by Gasteiger charge is -2.14. The summed E-state index contributed by atoms with van der Waals surface area (Å²) in [5, 5.41) is 25.8. The van der Waals surface area contributed by atoms with Crippen LogP contribution in [0.2, 0.25) is 0 Å². The summed E-state index contributed by atoms with van der Waals surface area (Å²) in [6.45, 7) is 0.0665. The van der Waals surface area contributed by atoms with Crippen molar-refractivity contribution in [3.8, 4) is 34.2 Å². The number of nitrogens with zero attached hydrogens (tertiary/aromatic N) is 4. The van der Waals surface area contributed by atoms with E-state index in [4.69, 9.17) is 9.15 Å². The molecule has 0 unspecified atom stereocenters. The van der Waals surface area contributed by atoms with Crippen LogP contribution in [-0.4, -0.2) is 43.9 Å². The monoisotopic (exact) mass is 510 g/mol. The van der Waals surface area contributed by atoms with Crippen LogP contribution in [0.5, 0.6) is 11.5 Å². The van der Waals surface area contributed by atoms with Gasteiger partial charge in [-0.3, -0.25) is 0 Å². The van der Waals surface area contributed by atoms with Crippen molar-refractivity contribution >= 4 is 23.3 Å². The molecule has 2 aromatic heterocycles. The normalized spacial score (nSPS) is 10.8. The van der Waals surface area contributed by atoms with E-state index in [2.05, 4.69) is 30.6 Å². The summed E-state index contributed by atoms with van der Waals surface area (Å²) in [6.07, 6.45) is 4.20. The van der Waals surface area contributed by atoms with Crippen LogP contribution in [0, 0.1) is 0 Å². The van der Waals surface area contributed by atoms with Gasteiger partial charge in [-0.15, -0.1) is 0 Å². The van der Waals surface area contributed by atoms with Gasteiger partial charge in [0.25, 0.3) is 0 Å². The molecule has 2 heterocycles. The number of nitrogens with one attached hydrogen (secondary N) is 2. The molecule has 4 N–H and O–H groups in total. The molecule has 192 valence electrons. The Morgan fingerprint density at radius 2 is 1.74 bits per heavy atom. The van der Waals surface area contributed by atoms with Crippen molar-refractivity contribution in [3.63, 3.8) is 0 Å². The van der Waals surface area contributed by atoms with Crippen molar-refractivity contribution < 1.29 is 19.4 Å². The first-order valence-electron chi connectivity index (χ1n) is 12.0. The summed E-state index contributed by atoms with van der Waals surface area (Å²) in [6, 6.07) is 20.2. The third-order valence-electron chi connectivity index (χ3n) is 5.77. The second-order valence-corrected chi connectivity index (χ2v) is 8.37. The number of methoxy groups -OCH3 is 1. The number of oxazole rings is 1. The third-order valence-corrected chi connectivity index (χ3v) is 5.77. The summed E-state index contributed by atoms with van der Waals surface area (Å²) in [5.41, 5.74) is 3.84. The van der Waals surface area contributed by atoms with E-state index in [0.29, 0.717) is 53.4 Å². The van der Waals surface area contributed by atoms with Gasteiger partial charge in [-0.05, 0) is 36.6 Å². The van der Waals surface area contributed by atoms with E-state index in [-0.39, 0.29) is 12.4 Å². The number of aliphatic hydroxyl groups is 1. The first kappa shape index (κ1) is 24.7. The lowest BCUT2D eigenvalue weighted by Crippen LogP contribution is -2.07. The number of aromatic nitrogens is 4.